The molecule has 0 unspecified atom stereocenters. The predicted molar refractivity (Wildman–Crippen MR) is 93.0 cm³/mol. The molecule has 0 radical (unpaired) electrons. The molecule has 3 nitrogen and oxygen atoms in total. The van der Waals surface area contributed by atoms with Crippen molar-refractivity contribution in [3.8, 4) is 11.3 Å². The number of amides is 1. The van der Waals surface area contributed by atoms with Gasteiger partial charge in [-0.1, -0.05) is 23.7 Å². The zero-order valence-electron chi connectivity index (χ0n) is 13.2. The van der Waals surface area contributed by atoms with Gasteiger partial charge in [0.15, 0.2) is 5.76 Å². The Morgan fingerprint density at radius 2 is 1.92 bits per heavy atom. The van der Waals surface area contributed by atoms with Gasteiger partial charge in [0.25, 0.3) is 5.91 Å². The average molecular weight is 344 g/mol. The van der Waals surface area contributed by atoms with E-state index in [1.165, 1.54) is 12.1 Å². The molecule has 0 atom stereocenters. The summed E-state index contributed by atoms with van der Waals surface area (Å²) in [5.41, 5.74) is 3.44. The molecule has 0 spiro atoms. The second-order valence-electron chi connectivity index (χ2n) is 5.49. The number of furan rings is 1. The van der Waals surface area contributed by atoms with E-state index in [1.54, 1.807) is 18.2 Å². The normalized spacial score (nSPS) is 10.7. The van der Waals surface area contributed by atoms with Gasteiger partial charge in [-0.2, -0.15) is 0 Å². The first-order valence-electron chi connectivity index (χ1n) is 7.38. The van der Waals surface area contributed by atoms with E-state index in [2.05, 4.69) is 5.32 Å². The van der Waals surface area contributed by atoms with Gasteiger partial charge in [-0.05, 0) is 61.4 Å². The topological polar surface area (TPSA) is 42.2 Å². The SMILES string of the molecule is Cc1cccc(NC(=O)c2ccc(-c3ccc(F)c(Cl)c3)o2)c1C. The highest BCUT2D eigenvalue weighted by Gasteiger charge is 2.14. The fourth-order valence-electron chi connectivity index (χ4n) is 2.33. The Morgan fingerprint density at radius 3 is 2.67 bits per heavy atom. The van der Waals surface area contributed by atoms with E-state index in [1.807, 2.05) is 32.0 Å². The van der Waals surface area contributed by atoms with Gasteiger partial charge in [-0.25, -0.2) is 4.39 Å². The Balaban J connectivity index is 1.83. The molecule has 5 heteroatoms. The fourth-order valence-corrected chi connectivity index (χ4v) is 2.52. The highest BCUT2D eigenvalue weighted by molar-refractivity contribution is 6.31. The number of carbonyl (C=O) groups is 1. The van der Waals surface area contributed by atoms with E-state index in [4.69, 9.17) is 16.0 Å². The lowest BCUT2D eigenvalue weighted by atomic mass is 10.1. The number of anilines is 1. The first-order chi connectivity index (χ1) is 11.5. The number of nitrogens with one attached hydrogen (secondary N) is 1. The summed E-state index contributed by atoms with van der Waals surface area (Å²) in [6, 6.07) is 13.2. The van der Waals surface area contributed by atoms with Crippen molar-refractivity contribution in [2.75, 3.05) is 5.32 Å². The maximum absolute atomic E-state index is 13.2. The van der Waals surface area contributed by atoms with Crippen LogP contribution in [0.3, 0.4) is 0 Å². The second kappa shape index (κ2) is 6.49. The molecular formula is C19H15ClFNO2. The number of benzene rings is 2. The third-order valence-electron chi connectivity index (χ3n) is 3.89. The molecule has 1 N–H and O–H groups in total. The molecule has 1 amide bonds. The summed E-state index contributed by atoms with van der Waals surface area (Å²) in [6.07, 6.45) is 0. The first-order valence-corrected chi connectivity index (χ1v) is 7.76. The summed E-state index contributed by atoms with van der Waals surface area (Å²) < 4.78 is 18.8. The van der Waals surface area contributed by atoms with Crippen LogP contribution in [0, 0.1) is 19.7 Å². The highest BCUT2D eigenvalue weighted by Crippen LogP contribution is 2.27. The summed E-state index contributed by atoms with van der Waals surface area (Å²) in [7, 11) is 0. The summed E-state index contributed by atoms with van der Waals surface area (Å²) in [5.74, 6) is -0.225. The van der Waals surface area contributed by atoms with Gasteiger partial charge in [0, 0.05) is 11.3 Å². The zero-order chi connectivity index (χ0) is 17.3. The largest absolute Gasteiger partial charge is 0.451 e. The second-order valence-corrected chi connectivity index (χ2v) is 5.90. The van der Waals surface area contributed by atoms with Crippen LogP contribution in [-0.4, -0.2) is 5.91 Å². The Morgan fingerprint density at radius 1 is 1.12 bits per heavy atom. The van der Waals surface area contributed by atoms with Crippen LogP contribution >= 0.6 is 11.6 Å². The third-order valence-corrected chi connectivity index (χ3v) is 4.18. The van der Waals surface area contributed by atoms with E-state index in [0.29, 0.717) is 11.3 Å². The van der Waals surface area contributed by atoms with Gasteiger partial charge >= 0.3 is 0 Å². The first kappa shape index (κ1) is 16.3. The van der Waals surface area contributed by atoms with Gasteiger partial charge in [-0.15, -0.1) is 0 Å². The maximum Gasteiger partial charge on any atom is 0.291 e. The van der Waals surface area contributed by atoms with Crippen molar-refractivity contribution in [1.29, 1.82) is 0 Å². The third kappa shape index (κ3) is 3.19. The fraction of sp³-hybridized carbons (Fsp3) is 0.105. The van der Waals surface area contributed by atoms with Crippen LogP contribution in [0.15, 0.2) is 52.9 Å². The summed E-state index contributed by atoms with van der Waals surface area (Å²) in [4.78, 5) is 12.4. The lowest BCUT2D eigenvalue weighted by Gasteiger charge is -2.09. The Labute approximate surface area is 144 Å². The smallest absolute Gasteiger partial charge is 0.291 e. The van der Waals surface area contributed by atoms with Gasteiger partial charge in [0.2, 0.25) is 0 Å². The molecule has 0 aliphatic carbocycles. The lowest BCUT2D eigenvalue weighted by Crippen LogP contribution is -2.12. The number of halogens is 2. The van der Waals surface area contributed by atoms with E-state index < -0.39 is 5.82 Å². The average Bonchev–Trinajstić information content (AvgIpc) is 3.04. The van der Waals surface area contributed by atoms with Gasteiger partial charge in [0.1, 0.15) is 11.6 Å². The molecule has 24 heavy (non-hydrogen) atoms. The minimum Gasteiger partial charge on any atom is -0.451 e. The monoisotopic (exact) mass is 343 g/mol. The van der Waals surface area contributed by atoms with Crippen LogP contribution < -0.4 is 5.32 Å². The van der Waals surface area contributed by atoms with Crippen LogP contribution in [0.2, 0.25) is 5.02 Å². The van der Waals surface area contributed by atoms with Crippen molar-refractivity contribution < 1.29 is 13.6 Å². The molecule has 2 aromatic carbocycles. The number of rotatable bonds is 3. The van der Waals surface area contributed by atoms with Crippen molar-refractivity contribution >= 4 is 23.2 Å². The minimum absolute atomic E-state index is 0.00490. The quantitative estimate of drug-likeness (QED) is 0.671. The molecule has 1 heterocycles. The number of hydrogen-bond acceptors (Lipinski definition) is 2. The number of carbonyl (C=O) groups excluding carboxylic acids is 1. The predicted octanol–water partition coefficient (Wildman–Crippen LogP) is 5.61. The van der Waals surface area contributed by atoms with Crippen LogP contribution in [0.5, 0.6) is 0 Å². The minimum atomic E-state index is -0.500. The van der Waals surface area contributed by atoms with E-state index >= 15 is 0 Å². The lowest BCUT2D eigenvalue weighted by molar-refractivity contribution is 0.0997. The van der Waals surface area contributed by atoms with Gasteiger partial charge in [0.05, 0.1) is 5.02 Å². The van der Waals surface area contributed by atoms with Crippen molar-refractivity contribution in [3.05, 3.63) is 76.3 Å². The van der Waals surface area contributed by atoms with Gasteiger partial charge in [-0.3, -0.25) is 4.79 Å². The van der Waals surface area contributed by atoms with Crippen molar-refractivity contribution in [2.24, 2.45) is 0 Å². The van der Waals surface area contributed by atoms with Crippen LogP contribution in [0.1, 0.15) is 21.7 Å². The molecule has 0 aliphatic rings. The molecular weight excluding hydrogens is 329 g/mol. The van der Waals surface area contributed by atoms with Crippen LogP contribution in [0.4, 0.5) is 10.1 Å². The Hall–Kier alpha value is -2.59. The molecule has 0 fully saturated rings. The Kier molecular flexibility index (Phi) is 4.40. The summed E-state index contributed by atoms with van der Waals surface area (Å²) in [5, 5.41) is 2.84. The number of aryl methyl sites for hydroxylation is 1. The summed E-state index contributed by atoms with van der Waals surface area (Å²) in [6.45, 7) is 3.92. The molecule has 3 rings (SSSR count). The molecule has 1 aromatic heterocycles. The van der Waals surface area contributed by atoms with Gasteiger partial charge < -0.3 is 9.73 Å². The van der Waals surface area contributed by atoms with Crippen LogP contribution in [0.25, 0.3) is 11.3 Å². The molecule has 3 aromatic rings. The number of hydrogen-bond donors (Lipinski definition) is 1. The van der Waals surface area contributed by atoms with Crippen molar-refractivity contribution in [1.82, 2.24) is 0 Å². The molecule has 0 saturated heterocycles. The maximum atomic E-state index is 13.2. The standard InChI is InChI=1S/C19H15ClFNO2/c1-11-4-3-5-16(12(11)2)22-19(23)18-9-8-17(24-18)13-6-7-15(21)14(20)10-13/h3-10H,1-2H3,(H,22,23). The molecule has 122 valence electrons. The van der Waals surface area contributed by atoms with E-state index in [-0.39, 0.29) is 16.7 Å². The zero-order valence-corrected chi connectivity index (χ0v) is 13.9. The highest BCUT2D eigenvalue weighted by atomic mass is 35.5. The van der Waals surface area contributed by atoms with Crippen molar-refractivity contribution in [3.63, 3.8) is 0 Å². The van der Waals surface area contributed by atoms with E-state index in [9.17, 15) is 9.18 Å². The van der Waals surface area contributed by atoms with Crippen molar-refractivity contribution in [2.45, 2.75) is 13.8 Å². The molecule has 0 aliphatic heterocycles. The molecule has 0 saturated carbocycles. The molecule has 0 bridgehead atoms. The summed E-state index contributed by atoms with van der Waals surface area (Å²) >= 11 is 5.78. The van der Waals surface area contributed by atoms with Crippen LogP contribution in [-0.2, 0) is 0 Å². The Bertz CT molecular complexity index is 917. The van der Waals surface area contributed by atoms with E-state index in [0.717, 1.165) is 16.8 Å².